The maximum Gasteiger partial charge on any atom is 0.225 e. The Bertz CT molecular complexity index is 723. The van der Waals surface area contributed by atoms with Crippen LogP contribution < -0.4 is 9.64 Å². The van der Waals surface area contributed by atoms with Gasteiger partial charge in [0.1, 0.15) is 23.8 Å². The van der Waals surface area contributed by atoms with Crippen LogP contribution in [0, 0.1) is 19.7 Å². The number of hydrogen-bond donors (Lipinski definition) is 1. The molecule has 1 aliphatic rings. The van der Waals surface area contributed by atoms with Crippen molar-refractivity contribution in [2.75, 3.05) is 37.8 Å². The molecular formula is C18H22FN3O3. The lowest BCUT2D eigenvalue weighted by atomic mass is 10.1. The largest absolute Gasteiger partial charge is 0.490 e. The number of hydrogen-bond acceptors (Lipinski definition) is 6. The Morgan fingerprint density at radius 1 is 1.28 bits per heavy atom. The Kier molecular flexibility index (Phi) is 5.15. The Morgan fingerprint density at radius 3 is 2.76 bits per heavy atom. The third kappa shape index (κ3) is 4.64. The molecule has 6 nitrogen and oxygen atoms in total. The molecule has 7 heteroatoms. The second kappa shape index (κ2) is 7.33. The van der Waals surface area contributed by atoms with Crippen LogP contribution in [-0.4, -0.2) is 53.6 Å². The maximum absolute atomic E-state index is 13.3. The van der Waals surface area contributed by atoms with Gasteiger partial charge >= 0.3 is 0 Å². The molecular weight excluding hydrogens is 325 g/mol. The zero-order valence-corrected chi connectivity index (χ0v) is 14.4. The number of anilines is 1. The van der Waals surface area contributed by atoms with Crippen LogP contribution in [0.5, 0.6) is 5.75 Å². The van der Waals surface area contributed by atoms with Crippen molar-refractivity contribution in [2.24, 2.45) is 0 Å². The average molecular weight is 347 g/mol. The van der Waals surface area contributed by atoms with E-state index in [-0.39, 0.29) is 25.6 Å². The summed E-state index contributed by atoms with van der Waals surface area (Å²) in [6.07, 6.45) is 0. The smallest absolute Gasteiger partial charge is 0.225 e. The van der Waals surface area contributed by atoms with Crippen LogP contribution in [0.25, 0.3) is 0 Å². The summed E-state index contributed by atoms with van der Waals surface area (Å²) in [7, 11) is 0. The number of β-amino-alcohol motifs (C(OH)–C–C–N with tert-alkyl or cyclic N) is 1. The van der Waals surface area contributed by atoms with Gasteiger partial charge in [-0.25, -0.2) is 14.4 Å². The molecule has 0 saturated carbocycles. The van der Waals surface area contributed by atoms with Crippen LogP contribution in [0.4, 0.5) is 10.3 Å². The van der Waals surface area contributed by atoms with Gasteiger partial charge in [-0.05, 0) is 32.0 Å². The summed E-state index contributed by atoms with van der Waals surface area (Å²) in [5, 5.41) is 10.9. The van der Waals surface area contributed by atoms with Gasteiger partial charge in [0.15, 0.2) is 0 Å². The SMILES string of the molecule is Cc1cc(C)nc(N2CCOC[C@@](O)(COc3cccc(F)c3)C2)n1. The highest BCUT2D eigenvalue weighted by molar-refractivity contribution is 5.33. The fourth-order valence-electron chi connectivity index (χ4n) is 2.80. The van der Waals surface area contributed by atoms with Crippen molar-refractivity contribution < 1.29 is 19.0 Å². The molecule has 1 fully saturated rings. The van der Waals surface area contributed by atoms with Gasteiger partial charge in [-0.2, -0.15) is 0 Å². The summed E-state index contributed by atoms with van der Waals surface area (Å²) in [5.74, 6) is 0.547. The number of ether oxygens (including phenoxy) is 2. The molecule has 134 valence electrons. The molecule has 0 spiro atoms. The molecule has 1 aliphatic heterocycles. The van der Waals surface area contributed by atoms with Crippen molar-refractivity contribution in [3.8, 4) is 5.75 Å². The second-order valence-corrected chi connectivity index (χ2v) is 6.40. The van der Waals surface area contributed by atoms with Crippen LogP contribution in [0.15, 0.2) is 30.3 Å². The lowest BCUT2D eigenvalue weighted by Crippen LogP contribution is -2.49. The van der Waals surface area contributed by atoms with Gasteiger partial charge in [0.05, 0.1) is 19.8 Å². The van der Waals surface area contributed by atoms with Gasteiger partial charge in [0, 0.05) is 24.0 Å². The van der Waals surface area contributed by atoms with E-state index >= 15 is 0 Å². The fourth-order valence-corrected chi connectivity index (χ4v) is 2.80. The Morgan fingerprint density at radius 2 is 2.04 bits per heavy atom. The van der Waals surface area contributed by atoms with Crippen molar-refractivity contribution in [1.29, 1.82) is 0 Å². The molecule has 2 heterocycles. The summed E-state index contributed by atoms with van der Waals surface area (Å²) in [6.45, 7) is 5.23. The van der Waals surface area contributed by atoms with Crippen molar-refractivity contribution in [3.05, 3.63) is 47.5 Å². The average Bonchev–Trinajstić information content (AvgIpc) is 2.75. The number of nitrogens with zero attached hydrogens (tertiary/aromatic N) is 3. The molecule has 2 aromatic rings. The molecule has 1 atom stereocenters. The first kappa shape index (κ1) is 17.6. The molecule has 0 bridgehead atoms. The highest BCUT2D eigenvalue weighted by atomic mass is 19.1. The van der Waals surface area contributed by atoms with Gasteiger partial charge < -0.3 is 19.5 Å². The molecule has 0 radical (unpaired) electrons. The summed E-state index contributed by atoms with van der Waals surface area (Å²) in [6, 6.07) is 7.74. The quantitative estimate of drug-likeness (QED) is 0.911. The van der Waals surface area contributed by atoms with Crippen LogP contribution in [0.1, 0.15) is 11.4 Å². The highest BCUT2D eigenvalue weighted by Crippen LogP contribution is 2.20. The number of aromatic nitrogens is 2. The molecule has 1 N–H and O–H groups in total. The van der Waals surface area contributed by atoms with E-state index in [9.17, 15) is 9.50 Å². The summed E-state index contributed by atoms with van der Waals surface area (Å²) >= 11 is 0. The number of aliphatic hydroxyl groups is 1. The van der Waals surface area contributed by atoms with E-state index in [1.54, 1.807) is 12.1 Å². The molecule has 0 aliphatic carbocycles. The molecule has 0 unspecified atom stereocenters. The number of benzene rings is 1. The Balaban J connectivity index is 1.73. The topological polar surface area (TPSA) is 67.7 Å². The number of aryl methyl sites for hydroxylation is 2. The summed E-state index contributed by atoms with van der Waals surface area (Å²) in [5.41, 5.74) is 0.489. The molecule has 25 heavy (non-hydrogen) atoms. The highest BCUT2D eigenvalue weighted by Gasteiger charge is 2.34. The Labute approximate surface area is 146 Å². The first-order chi connectivity index (χ1) is 11.9. The minimum atomic E-state index is -1.25. The predicted octanol–water partition coefficient (Wildman–Crippen LogP) is 1.88. The van der Waals surface area contributed by atoms with E-state index in [0.29, 0.717) is 24.8 Å². The normalized spacial score (nSPS) is 21.0. The van der Waals surface area contributed by atoms with Crippen molar-refractivity contribution in [1.82, 2.24) is 9.97 Å². The number of halogens is 1. The zero-order valence-electron chi connectivity index (χ0n) is 14.4. The van der Waals surface area contributed by atoms with Crippen molar-refractivity contribution in [3.63, 3.8) is 0 Å². The standard InChI is InChI=1S/C18H22FN3O3/c1-13-8-14(2)21-17(20-13)22-6-7-24-11-18(23,10-22)12-25-16-5-3-4-15(19)9-16/h3-5,8-9,23H,6-7,10-12H2,1-2H3/t18-/m1/s1. The van der Waals surface area contributed by atoms with E-state index in [1.165, 1.54) is 12.1 Å². The molecule has 1 aromatic heterocycles. The lowest BCUT2D eigenvalue weighted by Gasteiger charge is -2.30. The second-order valence-electron chi connectivity index (χ2n) is 6.40. The first-order valence-corrected chi connectivity index (χ1v) is 8.19. The lowest BCUT2D eigenvalue weighted by molar-refractivity contribution is -0.0537. The minimum absolute atomic E-state index is 0.0161. The third-order valence-electron chi connectivity index (χ3n) is 3.92. The monoisotopic (exact) mass is 347 g/mol. The zero-order chi connectivity index (χ0) is 17.9. The van der Waals surface area contributed by atoms with E-state index in [4.69, 9.17) is 9.47 Å². The van der Waals surface area contributed by atoms with E-state index in [1.807, 2.05) is 24.8 Å². The first-order valence-electron chi connectivity index (χ1n) is 8.19. The fraction of sp³-hybridized carbons (Fsp3) is 0.444. The van der Waals surface area contributed by atoms with Crippen LogP contribution in [-0.2, 0) is 4.74 Å². The summed E-state index contributed by atoms with van der Waals surface area (Å²) in [4.78, 5) is 10.8. The van der Waals surface area contributed by atoms with Gasteiger partial charge in [0.25, 0.3) is 0 Å². The molecule has 1 saturated heterocycles. The van der Waals surface area contributed by atoms with Gasteiger partial charge in [-0.15, -0.1) is 0 Å². The minimum Gasteiger partial charge on any atom is -0.490 e. The van der Waals surface area contributed by atoms with Gasteiger partial charge in [0.2, 0.25) is 5.95 Å². The van der Waals surface area contributed by atoms with Crippen molar-refractivity contribution in [2.45, 2.75) is 19.4 Å². The molecule has 0 amide bonds. The Hall–Kier alpha value is -2.25. The van der Waals surface area contributed by atoms with Crippen LogP contribution in [0.2, 0.25) is 0 Å². The summed E-state index contributed by atoms with van der Waals surface area (Å²) < 4.78 is 24.4. The van der Waals surface area contributed by atoms with Crippen LogP contribution in [0.3, 0.4) is 0 Å². The number of rotatable bonds is 4. The van der Waals surface area contributed by atoms with Gasteiger partial charge in [-0.1, -0.05) is 6.07 Å². The van der Waals surface area contributed by atoms with E-state index in [2.05, 4.69) is 9.97 Å². The van der Waals surface area contributed by atoms with Gasteiger partial charge in [-0.3, -0.25) is 0 Å². The van der Waals surface area contributed by atoms with E-state index in [0.717, 1.165) is 11.4 Å². The van der Waals surface area contributed by atoms with Crippen LogP contribution >= 0.6 is 0 Å². The third-order valence-corrected chi connectivity index (χ3v) is 3.92. The maximum atomic E-state index is 13.3. The molecule has 1 aromatic carbocycles. The molecule has 3 rings (SSSR count). The predicted molar refractivity (Wildman–Crippen MR) is 91.4 cm³/mol. The van der Waals surface area contributed by atoms with Crippen molar-refractivity contribution >= 4 is 5.95 Å². The van der Waals surface area contributed by atoms with E-state index < -0.39 is 5.60 Å².